The van der Waals surface area contributed by atoms with Crippen LogP contribution in [0.2, 0.25) is 0 Å². The molecule has 1 amide bonds. The Hall–Kier alpha value is -0.980. The van der Waals surface area contributed by atoms with Crippen molar-refractivity contribution in [1.29, 1.82) is 0 Å². The lowest BCUT2D eigenvalue weighted by Gasteiger charge is -2.27. The zero-order valence-electron chi connectivity index (χ0n) is 10.6. The van der Waals surface area contributed by atoms with Gasteiger partial charge in [0.15, 0.2) is 0 Å². The molecule has 17 heavy (non-hydrogen) atoms. The first-order valence-electron chi connectivity index (χ1n) is 5.38. The molecule has 1 unspecified atom stereocenters. The number of carbonyl (C=O) groups is 1. The molecule has 1 rings (SSSR count). The van der Waals surface area contributed by atoms with Crippen LogP contribution < -0.4 is 5.32 Å². The Kier molecular flexibility index (Phi) is 4.62. The van der Waals surface area contributed by atoms with Crippen molar-refractivity contribution in [3.05, 3.63) is 16.6 Å². The Morgan fingerprint density at radius 2 is 2.29 bits per heavy atom. The molecule has 96 valence electrons. The van der Waals surface area contributed by atoms with Crippen LogP contribution in [0, 0.1) is 6.92 Å². The van der Waals surface area contributed by atoms with Crippen LogP contribution in [0.4, 0.5) is 0 Å². The maximum atomic E-state index is 11.8. The summed E-state index contributed by atoms with van der Waals surface area (Å²) in [5.74, 6) is -0.185. The van der Waals surface area contributed by atoms with Crippen molar-refractivity contribution < 1.29 is 9.90 Å². The van der Waals surface area contributed by atoms with Gasteiger partial charge in [0, 0.05) is 18.5 Å². The fourth-order valence-electron chi connectivity index (χ4n) is 1.61. The number of aliphatic hydroxyl groups is 1. The van der Waals surface area contributed by atoms with E-state index in [1.807, 2.05) is 19.0 Å². The van der Waals surface area contributed by atoms with E-state index in [1.165, 1.54) is 11.5 Å². The van der Waals surface area contributed by atoms with Crippen molar-refractivity contribution in [1.82, 2.24) is 14.6 Å². The first-order chi connectivity index (χ1) is 7.82. The summed E-state index contributed by atoms with van der Waals surface area (Å²) in [4.78, 5) is 13.7. The van der Waals surface area contributed by atoms with E-state index in [4.69, 9.17) is 0 Å². The van der Waals surface area contributed by atoms with Gasteiger partial charge in [0.25, 0.3) is 5.91 Å². The van der Waals surface area contributed by atoms with Gasteiger partial charge in [0.1, 0.15) is 0 Å². The van der Waals surface area contributed by atoms with Gasteiger partial charge in [0.2, 0.25) is 0 Å². The fraction of sp³-hybridized carbons (Fsp3) is 0.636. The van der Waals surface area contributed by atoms with Crippen molar-refractivity contribution >= 4 is 17.4 Å². The molecule has 1 atom stereocenters. The van der Waals surface area contributed by atoms with Crippen molar-refractivity contribution in [2.45, 2.75) is 19.4 Å². The van der Waals surface area contributed by atoms with E-state index in [2.05, 4.69) is 9.69 Å². The highest BCUT2D eigenvalue weighted by Gasteiger charge is 2.23. The minimum atomic E-state index is -0.934. The second-order valence-corrected chi connectivity index (χ2v) is 5.36. The second-order valence-electron chi connectivity index (χ2n) is 4.73. The molecule has 0 spiro atoms. The Balaban J connectivity index is 2.51. The number of rotatable bonds is 5. The molecule has 1 aromatic heterocycles. The number of nitrogens with zero attached hydrogens (tertiary/aromatic N) is 2. The topological polar surface area (TPSA) is 65.5 Å². The third kappa shape index (κ3) is 4.41. The lowest BCUT2D eigenvalue weighted by Crippen LogP contribution is -2.47. The number of nitrogens with one attached hydrogen (secondary N) is 1. The molecule has 1 heterocycles. The fourth-order valence-corrected chi connectivity index (χ4v) is 2.31. The highest BCUT2D eigenvalue weighted by Crippen LogP contribution is 2.09. The van der Waals surface area contributed by atoms with Crippen molar-refractivity contribution in [3.8, 4) is 0 Å². The normalized spacial score (nSPS) is 14.7. The zero-order valence-corrected chi connectivity index (χ0v) is 11.5. The van der Waals surface area contributed by atoms with Gasteiger partial charge in [-0.1, -0.05) is 0 Å². The highest BCUT2D eigenvalue weighted by molar-refractivity contribution is 7.03. The maximum Gasteiger partial charge on any atom is 0.254 e. The molecule has 0 aliphatic rings. The molecule has 0 bridgehead atoms. The van der Waals surface area contributed by atoms with Gasteiger partial charge in [-0.2, -0.15) is 4.37 Å². The summed E-state index contributed by atoms with van der Waals surface area (Å²) in [6, 6.07) is 0. The van der Waals surface area contributed by atoms with Crippen molar-refractivity contribution in [3.63, 3.8) is 0 Å². The molecule has 0 fully saturated rings. The summed E-state index contributed by atoms with van der Waals surface area (Å²) in [5, 5.41) is 14.5. The molecular weight excluding hydrogens is 238 g/mol. The van der Waals surface area contributed by atoms with E-state index in [-0.39, 0.29) is 12.5 Å². The number of carbonyl (C=O) groups excluding carboxylic acids is 1. The lowest BCUT2D eigenvalue weighted by atomic mass is 10.1. The molecule has 6 heteroatoms. The zero-order chi connectivity index (χ0) is 13.1. The van der Waals surface area contributed by atoms with Crippen molar-refractivity contribution in [2.75, 3.05) is 27.2 Å². The molecule has 0 saturated carbocycles. The van der Waals surface area contributed by atoms with Gasteiger partial charge in [-0.15, -0.1) is 0 Å². The summed E-state index contributed by atoms with van der Waals surface area (Å²) >= 11 is 1.26. The number of hydrogen-bond acceptors (Lipinski definition) is 5. The Bertz CT molecular complexity index is 388. The van der Waals surface area contributed by atoms with Gasteiger partial charge in [0.05, 0.1) is 16.9 Å². The van der Waals surface area contributed by atoms with Gasteiger partial charge < -0.3 is 15.3 Å². The Morgan fingerprint density at radius 1 is 1.65 bits per heavy atom. The maximum absolute atomic E-state index is 11.8. The van der Waals surface area contributed by atoms with Crippen LogP contribution in [0.3, 0.4) is 0 Å². The lowest BCUT2D eigenvalue weighted by molar-refractivity contribution is 0.0326. The summed E-state index contributed by atoms with van der Waals surface area (Å²) < 4.78 is 4.04. The summed E-state index contributed by atoms with van der Waals surface area (Å²) in [6.07, 6.45) is 0. The molecule has 0 saturated heterocycles. The van der Waals surface area contributed by atoms with E-state index in [0.29, 0.717) is 12.1 Å². The van der Waals surface area contributed by atoms with Crippen LogP contribution in [0.1, 0.15) is 23.0 Å². The molecule has 0 aromatic carbocycles. The van der Waals surface area contributed by atoms with Crippen LogP contribution in [0.5, 0.6) is 0 Å². The van der Waals surface area contributed by atoms with E-state index in [1.54, 1.807) is 19.2 Å². The molecule has 1 aromatic rings. The monoisotopic (exact) mass is 257 g/mol. The molecule has 0 radical (unpaired) electrons. The van der Waals surface area contributed by atoms with Gasteiger partial charge in [-0.3, -0.25) is 4.79 Å². The number of hydrogen-bond donors (Lipinski definition) is 2. The number of aromatic nitrogens is 1. The minimum Gasteiger partial charge on any atom is -0.387 e. The largest absolute Gasteiger partial charge is 0.387 e. The van der Waals surface area contributed by atoms with Crippen LogP contribution in [-0.2, 0) is 0 Å². The number of likely N-dealkylation sites (N-methyl/N-ethyl adjacent to an activating group) is 1. The van der Waals surface area contributed by atoms with Crippen LogP contribution in [0.25, 0.3) is 0 Å². The van der Waals surface area contributed by atoms with E-state index in [0.717, 1.165) is 5.69 Å². The van der Waals surface area contributed by atoms with Crippen LogP contribution in [0.15, 0.2) is 5.38 Å². The predicted molar refractivity (Wildman–Crippen MR) is 68.4 cm³/mol. The summed E-state index contributed by atoms with van der Waals surface area (Å²) in [6.45, 7) is 4.21. The highest BCUT2D eigenvalue weighted by atomic mass is 32.1. The van der Waals surface area contributed by atoms with Crippen LogP contribution >= 0.6 is 11.5 Å². The number of aryl methyl sites for hydroxylation is 1. The molecular formula is C11H19N3O2S. The third-order valence-electron chi connectivity index (χ3n) is 2.28. The predicted octanol–water partition coefficient (Wildman–Crippen LogP) is 0.494. The van der Waals surface area contributed by atoms with E-state index < -0.39 is 5.60 Å². The average Bonchev–Trinajstić information content (AvgIpc) is 2.59. The molecule has 5 nitrogen and oxygen atoms in total. The van der Waals surface area contributed by atoms with E-state index >= 15 is 0 Å². The SMILES string of the molecule is Cc1nscc1C(=O)NCC(C)(O)CN(C)C. The third-order valence-corrected chi connectivity index (χ3v) is 3.00. The standard InChI is InChI=1S/C11H19N3O2S/c1-8-9(5-17-13-8)10(15)12-6-11(2,16)7-14(3)4/h5,16H,6-7H2,1-4H3,(H,12,15). The van der Waals surface area contributed by atoms with Gasteiger partial charge in [-0.25, -0.2) is 0 Å². The quantitative estimate of drug-likeness (QED) is 0.806. The average molecular weight is 257 g/mol. The Labute approximate surface area is 106 Å². The second kappa shape index (κ2) is 5.57. The first-order valence-corrected chi connectivity index (χ1v) is 6.22. The molecule has 2 N–H and O–H groups in total. The van der Waals surface area contributed by atoms with Gasteiger partial charge in [-0.05, 0) is 39.5 Å². The molecule has 0 aliphatic heterocycles. The minimum absolute atomic E-state index is 0.185. The summed E-state index contributed by atoms with van der Waals surface area (Å²) in [5.41, 5.74) is 0.367. The number of amides is 1. The smallest absolute Gasteiger partial charge is 0.254 e. The Morgan fingerprint density at radius 3 is 2.76 bits per heavy atom. The van der Waals surface area contributed by atoms with Crippen molar-refractivity contribution in [2.24, 2.45) is 0 Å². The first kappa shape index (κ1) is 14.1. The molecule has 0 aliphatic carbocycles. The van der Waals surface area contributed by atoms with E-state index in [9.17, 15) is 9.90 Å². The van der Waals surface area contributed by atoms with Gasteiger partial charge >= 0.3 is 0 Å². The van der Waals surface area contributed by atoms with Crippen LogP contribution in [-0.4, -0.2) is 53.1 Å². The summed E-state index contributed by atoms with van der Waals surface area (Å²) in [7, 11) is 3.76.